The maximum Gasteiger partial charge on any atom is 0.224 e. The van der Waals surface area contributed by atoms with Crippen molar-refractivity contribution < 1.29 is 8.96 Å². The lowest BCUT2D eigenvalue weighted by molar-refractivity contribution is -0.643. The number of aromatic nitrogens is 2. The molecule has 3 aromatic heterocycles. The summed E-state index contributed by atoms with van der Waals surface area (Å²) in [4.78, 5) is 0. The zero-order chi connectivity index (χ0) is 23.9. The Morgan fingerprint density at radius 1 is 0.833 bits per heavy atom. The van der Waals surface area contributed by atoms with E-state index in [0.717, 1.165) is 28.7 Å². The third kappa shape index (κ3) is 2.31. The molecule has 0 amide bonds. The molecule has 3 heterocycles. The molecule has 4 aliphatic carbocycles. The van der Waals surface area contributed by atoms with Crippen molar-refractivity contribution in [3.05, 3.63) is 71.7 Å². The molecule has 4 fully saturated rings. The first-order valence-corrected chi connectivity index (χ1v) is 13.7. The lowest BCUT2D eigenvalue weighted by Gasteiger charge is -2.57. The van der Waals surface area contributed by atoms with E-state index in [4.69, 9.17) is 0 Å². The van der Waals surface area contributed by atoms with E-state index in [0.29, 0.717) is 5.41 Å². The number of fused-ring (bicyclic) bond motifs is 5. The summed E-state index contributed by atoms with van der Waals surface area (Å²) in [6, 6.07) is 17.1. The summed E-state index contributed by atoms with van der Waals surface area (Å²) in [6.45, 7) is 2.21. The Morgan fingerprint density at radius 3 is 2.31 bits per heavy atom. The molecule has 0 saturated heterocycles. The Labute approximate surface area is 209 Å². The predicted molar refractivity (Wildman–Crippen MR) is 144 cm³/mol. The Balaban J connectivity index is 1.51. The molecule has 0 aliphatic heterocycles. The minimum absolute atomic E-state index is 0.169. The van der Waals surface area contributed by atoms with Gasteiger partial charge in [-0.1, -0.05) is 12.1 Å². The monoisotopic (exact) mass is 473 g/mol. The minimum atomic E-state index is -0.169. The molecule has 0 unspecified atom stereocenters. The summed E-state index contributed by atoms with van der Waals surface area (Å²) >= 11 is 0. The maximum atomic E-state index is 14.7. The molecule has 0 radical (unpaired) electrons. The molecule has 4 aliphatic rings. The van der Waals surface area contributed by atoms with Gasteiger partial charge in [-0.25, -0.2) is 8.96 Å². The second-order valence-electron chi connectivity index (χ2n) is 12.6. The summed E-state index contributed by atoms with van der Waals surface area (Å²) in [6.07, 6.45) is 10.6. The molecule has 0 N–H and O–H groups in total. The number of rotatable bonds is 1. The van der Waals surface area contributed by atoms with Gasteiger partial charge in [0.15, 0.2) is 6.20 Å². The predicted octanol–water partition coefficient (Wildman–Crippen LogP) is 7.73. The summed E-state index contributed by atoms with van der Waals surface area (Å²) in [7, 11) is 2.17. The van der Waals surface area contributed by atoms with Gasteiger partial charge in [-0.2, -0.15) is 0 Å². The van der Waals surface area contributed by atoms with Crippen molar-refractivity contribution in [2.24, 2.45) is 24.8 Å². The van der Waals surface area contributed by atoms with Crippen LogP contribution in [0.15, 0.2) is 54.7 Å². The van der Waals surface area contributed by atoms with Crippen LogP contribution < -0.4 is 4.57 Å². The molecule has 4 bridgehead atoms. The minimum Gasteiger partial charge on any atom is -0.307 e. The quantitative estimate of drug-likeness (QED) is 0.131. The molecule has 0 spiro atoms. The molecule has 178 valence electrons. The van der Waals surface area contributed by atoms with Gasteiger partial charge in [0.2, 0.25) is 5.52 Å². The van der Waals surface area contributed by atoms with Gasteiger partial charge in [-0.05, 0) is 115 Å². The van der Waals surface area contributed by atoms with E-state index in [1.807, 2.05) is 6.07 Å². The van der Waals surface area contributed by atoms with E-state index in [2.05, 4.69) is 59.5 Å². The normalized spacial score (nSPS) is 27.6. The summed E-state index contributed by atoms with van der Waals surface area (Å²) in [5.74, 6) is 2.55. The average molecular weight is 474 g/mol. The van der Waals surface area contributed by atoms with Crippen molar-refractivity contribution in [1.82, 2.24) is 4.40 Å². The zero-order valence-electron chi connectivity index (χ0n) is 20.9. The van der Waals surface area contributed by atoms with Gasteiger partial charge >= 0.3 is 0 Å². The fourth-order valence-corrected chi connectivity index (χ4v) is 9.46. The van der Waals surface area contributed by atoms with Crippen LogP contribution in [0.25, 0.3) is 49.0 Å². The van der Waals surface area contributed by atoms with Gasteiger partial charge in [0.05, 0.1) is 27.3 Å². The van der Waals surface area contributed by atoms with Crippen LogP contribution in [0.4, 0.5) is 4.39 Å². The lowest BCUT2D eigenvalue weighted by Crippen LogP contribution is -2.48. The standard InChI is InChI=1S/C33H30FN2/c1-18-3-5-26-25-6-4-24(34)14-27(25)36-28-13-23(33-15-19-9-20(16-33)11-21(10-19)17-33)12-22-7-8-35(2)32(30(22)28)29(18)31(26)36/h3-8,12-14,19-21H,9-11,15-17H2,1-2H3/q+1. The van der Waals surface area contributed by atoms with E-state index in [1.165, 1.54) is 87.7 Å². The number of pyridine rings is 2. The molecule has 3 heteroatoms. The van der Waals surface area contributed by atoms with E-state index >= 15 is 0 Å². The van der Waals surface area contributed by atoms with Gasteiger partial charge in [-0.3, -0.25) is 0 Å². The van der Waals surface area contributed by atoms with Crippen molar-refractivity contribution in [2.75, 3.05) is 0 Å². The smallest absolute Gasteiger partial charge is 0.224 e. The molecule has 4 saturated carbocycles. The van der Waals surface area contributed by atoms with Crippen LogP contribution in [0.2, 0.25) is 0 Å². The highest BCUT2D eigenvalue weighted by Crippen LogP contribution is 2.61. The zero-order valence-corrected chi connectivity index (χ0v) is 20.9. The molecular weight excluding hydrogens is 443 g/mol. The Kier molecular flexibility index (Phi) is 3.53. The Morgan fingerprint density at radius 2 is 1.56 bits per heavy atom. The summed E-state index contributed by atoms with van der Waals surface area (Å²) in [5.41, 5.74) is 7.87. The first kappa shape index (κ1) is 19.9. The molecule has 0 atom stereocenters. The third-order valence-corrected chi connectivity index (χ3v) is 10.4. The fraction of sp³-hybridized carbons (Fsp3) is 0.364. The lowest BCUT2D eigenvalue weighted by atomic mass is 9.48. The van der Waals surface area contributed by atoms with Gasteiger partial charge in [-0.15, -0.1) is 0 Å². The number of aryl methyl sites for hydroxylation is 2. The van der Waals surface area contributed by atoms with Crippen molar-refractivity contribution >= 4 is 49.0 Å². The van der Waals surface area contributed by atoms with Crippen LogP contribution in [0, 0.1) is 30.5 Å². The van der Waals surface area contributed by atoms with E-state index < -0.39 is 0 Å². The highest BCUT2D eigenvalue weighted by Gasteiger charge is 2.51. The van der Waals surface area contributed by atoms with Crippen LogP contribution in [0.1, 0.15) is 49.7 Å². The van der Waals surface area contributed by atoms with E-state index in [-0.39, 0.29) is 5.82 Å². The number of hydrogen-bond acceptors (Lipinski definition) is 0. The second kappa shape index (κ2) is 6.37. The fourth-order valence-electron chi connectivity index (χ4n) is 9.46. The summed E-state index contributed by atoms with van der Waals surface area (Å²) in [5, 5.41) is 6.27. The molecule has 6 aromatic rings. The number of benzene rings is 3. The maximum absolute atomic E-state index is 14.7. The van der Waals surface area contributed by atoms with Crippen LogP contribution in [0.5, 0.6) is 0 Å². The van der Waals surface area contributed by atoms with Crippen molar-refractivity contribution in [3.63, 3.8) is 0 Å². The van der Waals surface area contributed by atoms with Crippen molar-refractivity contribution in [3.8, 4) is 0 Å². The van der Waals surface area contributed by atoms with Crippen LogP contribution in [-0.2, 0) is 12.5 Å². The third-order valence-electron chi connectivity index (χ3n) is 10.4. The average Bonchev–Trinajstić information content (AvgIpc) is 3.17. The Hall–Kier alpha value is -3.20. The van der Waals surface area contributed by atoms with Gasteiger partial charge in [0.1, 0.15) is 12.9 Å². The number of halogens is 1. The molecule has 2 nitrogen and oxygen atoms in total. The van der Waals surface area contributed by atoms with Gasteiger partial charge in [0.25, 0.3) is 0 Å². The van der Waals surface area contributed by atoms with Crippen molar-refractivity contribution in [2.45, 2.75) is 50.9 Å². The Bertz CT molecular complexity index is 1870. The van der Waals surface area contributed by atoms with E-state index in [9.17, 15) is 4.39 Å². The largest absolute Gasteiger partial charge is 0.307 e. The summed E-state index contributed by atoms with van der Waals surface area (Å²) < 4.78 is 19.4. The SMILES string of the molecule is Cc1ccc2c3ccc(F)cc3n3c4cc(C56CC7CC(CC(C7)C5)C6)cc5cc[n+](C)c(c1c23)c54. The number of hydrogen-bond donors (Lipinski definition) is 0. The highest BCUT2D eigenvalue weighted by molar-refractivity contribution is 6.25. The first-order valence-electron chi connectivity index (χ1n) is 13.7. The van der Waals surface area contributed by atoms with Crippen molar-refractivity contribution in [1.29, 1.82) is 0 Å². The van der Waals surface area contributed by atoms with Crippen LogP contribution in [0.3, 0.4) is 0 Å². The molecule has 10 rings (SSSR count). The second-order valence-corrected chi connectivity index (χ2v) is 12.6. The topological polar surface area (TPSA) is 8.29 Å². The molecule has 3 aromatic carbocycles. The number of nitrogens with zero attached hydrogens (tertiary/aromatic N) is 2. The van der Waals surface area contributed by atoms with Crippen LogP contribution >= 0.6 is 0 Å². The van der Waals surface area contributed by atoms with Gasteiger partial charge < -0.3 is 4.40 Å². The molecule has 36 heavy (non-hydrogen) atoms. The molecular formula is C33H30FN2+. The first-order chi connectivity index (χ1) is 17.5. The van der Waals surface area contributed by atoms with Gasteiger partial charge in [0, 0.05) is 16.8 Å². The van der Waals surface area contributed by atoms with E-state index in [1.54, 1.807) is 12.1 Å². The van der Waals surface area contributed by atoms with Crippen LogP contribution in [-0.4, -0.2) is 4.40 Å². The highest BCUT2D eigenvalue weighted by atomic mass is 19.1.